The van der Waals surface area contributed by atoms with E-state index in [-0.39, 0.29) is 0 Å². The third-order valence-electron chi connectivity index (χ3n) is 2.96. The van der Waals surface area contributed by atoms with Crippen LogP contribution in [0.25, 0.3) is 17.2 Å². The first-order chi connectivity index (χ1) is 8.74. The average Bonchev–Trinajstić information content (AvgIpc) is 2.41. The second-order valence-electron chi connectivity index (χ2n) is 4.20. The van der Waals surface area contributed by atoms with Crippen LogP contribution in [0.1, 0.15) is 11.1 Å². The molecule has 0 aromatic heterocycles. The third-order valence-corrected chi connectivity index (χ3v) is 2.96. The van der Waals surface area contributed by atoms with E-state index in [4.69, 9.17) is 0 Å². The summed E-state index contributed by atoms with van der Waals surface area (Å²) in [6, 6.07) is 14.8. The first kappa shape index (κ1) is 12.2. The van der Waals surface area contributed by atoms with Gasteiger partial charge in [0, 0.05) is 5.69 Å². The summed E-state index contributed by atoms with van der Waals surface area (Å²) in [6.07, 6.45) is 3.55. The molecule has 0 atom stereocenters. The molecule has 0 fully saturated rings. The Kier molecular flexibility index (Phi) is 3.63. The normalized spacial score (nSPS) is 9.83. The Bertz CT molecular complexity index is 565. The van der Waals surface area contributed by atoms with Gasteiger partial charge in [0.05, 0.1) is 0 Å². The molecule has 1 N–H and O–H groups in total. The Morgan fingerprint density at radius 1 is 0.944 bits per heavy atom. The number of hydrogen-bond acceptors (Lipinski definition) is 1. The summed E-state index contributed by atoms with van der Waals surface area (Å²) in [5.74, 6) is 0. The molecule has 0 aliphatic rings. The van der Waals surface area contributed by atoms with Gasteiger partial charge in [0.15, 0.2) is 0 Å². The molecule has 0 aliphatic carbocycles. The summed E-state index contributed by atoms with van der Waals surface area (Å²) < 4.78 is 0. The quantitative estimate of drug-likeness (QED) is 0.798. The van der Waals surface area contributed by atoms with Gasteiger partial charge in [-0.05, 0) is 47.5 Å². The van der Waals surface area contributed by atoms with Gasteiger partial charge in [-0.1, -0.05) is 49.6 Å². The van der Waals surface area contributed by atoms with Crippen LogP contribution in [0.2, 0.25) is 0 Å². The van der Waals surface area contributed by atoms with Crippen molar-refractivity contribution in [1.29, 1.82) is 0 Å². The summed E-state index contributed by atoms with van der Waals surface area (Å²) in [4.78, 5) is 0. The number of benzene rings is 2. The molecule has 2 aromatic rings. The van der Waals surface area contributed by atoms with E-state index in [1.807, 2.05) is 6.08 Å². The first-order valence-corrected chi connectivity index (χ1v) is 5.95. The molecule has 2 rings (SSSR count). The fourth-order valence-electron chi connectivity index (χ4n) is 1.93. The van der Waals surface area contributed by atoms with E-state index in [0.29, 0.717) is 0 Å². The van der Waals surface area contributed by atoms with Gasteiger partial charge in [-0.15, -0.1) is 0 Å². The SMILES string of the molecule is C=CNc1ccc(-c2ccc(C=C)cc2)cc1C. The van der Waals surface area contributed by atoms with E-state index in [0.717, 1.165) is 11.3 Å². The van der Waals surface area contributed by atoms with Crippen molar-refractivity contribution in [1.82, 2.24) is 0 Å². The lowest BCUT2D eigenvalue weighted by molar-refractivity contribution is 1.43. The molecule has 1 nitrogen and oxygen atoms in total. The van der Waals surface area contributed by atoms with Crippen molar-refractivity contribution in [2.24, 2.45) is 0 Å². The Balaban J connectivity index is 2.35. The molecule has 0 amide bonds. The Morgan fingerprint density at radius 2 is 1.61 bits per heavy atom. The van der Waals surface area contributed by atoms with Gasteiger partial charge in [0.1, 0.15) is 0 Å². The molecule has 0 bridgehead atoms. The van der Waals surface area contributed by atoms with Crippen molar-refractivity contribution in [3.8, 4) is 11.1 Å². The topological polar surface area (TPSA) is 12.0 Å². The van der Waals surface area contributed by atoms with Crippen LogP contribution < -0.4 is 5.32 Å². The van der Waals surface area contributed by atoms with E-state index in [1.54, 1.807) is 6.20 Å². The minimum absolute atomic E-state index is 1.09. The van der Waals surface area contributed by atoms with Crippen LogP contribution in [0.5, 0.6) is 0 Å². The standard InChI is InChI=1S/C17H17N/c1-4-14-6-8-15(9-7-14)16-10-11-17(18-5-2)13(3)12-16/h4-12,18H,1-2H2,3H3. The zero-order chi connectivity index (χ0) is 13.0. The Hall–Kier alpha value is -2.28. The van der Waals surface area contributed by atoms with Crippen molar-refractivity contribution in [3.63, 3.8) is 0 Å². The van der Waals surface area contributed by atoms with E-state index < -0.39 is 0 Å². The van der Waals surface area contributed by atoms with Gasteiger partial charge in [-0.25, -0.2) is 0 Å². The second-order valence-corrected chi connectivity index (χ2v) is 4.20. The van der Waals surface area contributed by atoms with Gasteiger partial charge in [-0.3, -0.25) is 0 Å². The second kappa shape index (κ2) is 5.37. The Morgan fingerprint density at radius 3 is 2.17 bits per heavy atom. The lowest BCUT2D eigenvalue weighted by atomic mass is 10.0. The van der Waals surface area contributed by atoms with Crippen LogP contribution in [-0.4, -0.2) is 0 Å². The first-order valence-electron chi connectivity index (χ1n) is 5.95. The van der Waals surface area contributed by atoms with Crippen molar-refractivity contribution in [2.45, 2.75) is 6.92 Å². The number of rotatable bonds is 4. The van der Waals surface area contributed by atoms with Crippen molar-refractivity contribution < 1.29 is 0 Å². The van der Waals surface area contributed by atoms with E-state index in [1.165, 1.54) is 16.7 Å². The minimum Gasteiger partial charge on any atom is -0.362 e. The molecule has 0 radical (unpaired) electrons. The van der Waals surface area contributed by atoms with Gasteiger partial charge in [-0.2, -0.15) is 0 Å². The number of anilines is 1. The highest BCUT2D eigenvalue weighted by Gasteiger charge is 2.01. The molecule has 0 unspecified atom stereocenters. The largest absolute Gasteiger partial charge is 0.362 e. The molecule has 0 aliphatic heterocycles. The van der Waals surface area contributed by atoms with E-state index >= 15 is 0 Å². The highest BCUT2D eigenvalue weighted by molar-refractivity contribution is 5.69. The smallest absolute Gasteiger partial charge is 0.0409 e. The van der Waals surface area contributed by atoms with Crippen LogP contribution in [0.15, 0.2) is 61.8 Å². The summed E-state index contributed by atoms with van der Waals surface area (Å²) in [7, 11) is 0. The fraction of sp³-hybridized carbons (Fsp3) is 0.0588. The van der Waals surface area contributed by atoms with Gasteiger partial charge < -0.3 is 5.32 Å². The lowest BCUT2D eigenvalue weighted by Gasteiger charge is -2.08. The summed E-state index contributed by atoms with van der Waals surface area (Å²) in [6.45, 7) is 9.53. The summed E-state index contributed by atoms with van der Waals surface area (Å²) >= 11 is 0. The molecular weight excluding hydrogens is 218 g/mol. The molecule has 0 spiro atoms. The minimum atomic E-state index is 1.09. The molecular formula is C17H17N. The van der Waals surface area contributed by atoms with Crippen LogP contribution in [-0.2, 0) is 0 Å². The predicted molar refractivity (Wildman–Crippen MR) is 80.5 cm³/mol. The Labute approximate surface area is 108 Å². The molecule has 2 aromatic carbocycles. The average molecular weight is 235 g/mol. The maximum atomic E-state index is 3.76. The van der Waals surface area contributed by atoms with Crippen LogP contribution in [0.4, 0.5) is 5.69 Å². The highest BCUT2D eigenvalue weighted by Crippen LogP contribution is 2.25. The van der Waals surface area contributed by atoms with E-state index in [9.17, 15) is 0 Å². The lowest BCUT2D eigenvalue weighted by Crippen LogP contribution is -1.90. The van der Waals surface area contributed by atoms with Crippen molar-refractivity contribution in [3.05, 3.63) is 72.9 Å². The molecule has 1 heteroatoms. The third kappa shape index (κ3) is 2.51. The monoisotopic (exact) mass is 235 g/mol. The zero-order valence-electron chi connectivity index (χ0n) is 10.6. The van der Waals surface area contributed by atoms with Crippen molar-refractivity contribution >= 4 is 11.8 Å². The summed E-state index contributed by atoms with van der Waals surface area (Å²) in [5.41, 5.74) is 5.88. The maximum Gasteiger partial charge on any atom is 0.0409 e. The number of hydrogen-bond donors (Lipinski definition) is 1. The van der Waals surface area contributed by atoms with Crippen molar-refractivity contribution in [2.75, 3.05) is 5.32 Å². The van der Waals surface area contributed by atoms with Crippen LogP contribution in [0, 0.1) is 6.92 Å². The zero-order valence-corrected chi connectivity index (χ0v) is 10.6. The van der Waals surface area contributed by atoms with E-state index in [2.05, 4.69) is 67.9 Å². The maximum absolute atomic E-state index is 3.76. The summed E-state index contributed by atoms with van der Waals surface area (Å²) in [5, 5.41) is 3.12. The number of aryl methyl sites for hydroxylation is 1. The molecule has 0 saturated carbocycles. The molecule has 18 heavy (non-hydrogen) atoms. The predicted octanol–water partition coefficient (Wildman–Crippen LogP) is 4.86. The molecule has 0 heterocycles. The van der Waals surface area contributed by atoms with Gasteiger partial charge in [0.2, 0.25) is 0 Å². The van der Waals surface area contributed by atoms with Gasteiger partial charge in [0.25, 0.3) is 0 Å². The van der Waals surface area contributed by atoms with Crippen LogP contribution in [0.3, 0.4) is 0 Å². The molecule has 0 saturated heterocycles. The molecule has 90 valence electrons. The van der Waals surface area contributed by atoms with Gasteiger partial charge >= 0.3 is 0 Å². The fourth-order valence-corrected chi connectivity index (χ4v) is 1.93. The van der Waals surface area contributed by atoms with Crippen LogP contribution >= 0.6 is 0 Å². The number of nitrogens with one attached hydrogen (secondary N) is 1. The highest BCUT2D eigenvalue weighted by atomic mass is 14.8.